The van der Waals surface area contributed by atoms with Gasteiger partial charge >= 0.3 is 0 Å². The third kappa shape index (κ3) is 10.3. The predicted molar refractivity (Wildman–Crippen MR) is 234 cm³/mol. The normalized spacial score (nSPS) is 13.4. The van der Waals surface area contributed by atoms with Crippen LogP contribution < -0.4 is 20.3 Å². The molecule has 0 aliphatic carbocycles. The molecule has 6 rings (SSSR count). The van der Waals surface area contributed by atoms with E-state index in [1.54, 1.807) is 22.7 Å². The fourth-order valence-corrected chi connectivity index (χ4v) is 9.37. The smallest absolute Gasteiger partial charge is 0.196 e. The maximum atomic E-state index is 13.1. The fourth-order valence-electron chi connectivity index (χ4n) is 7.27. The molecule has 2 aromatic heterocycles. The van der Waals surface area contributed by atoms with Crippen LogP contribution in [0, 0.1) is 0 Å². The van der Waals surface area contributed by atoms with Crippen molar-refractivity contribution in [3.05, 3.63) is 105 Å². The minimum absolute atomic E-state index is 0.0269. The van der Waals surface area contributed by atoms with Gasteiger partial charge in [0.15, 0.2) is 10.9 Å². The third-order valence-electron chi connectivity index (χ3n) is 10.9. The topological polar surface area (TPSA) is 68.3 Å². The summed E-state index contributed by atoms with van der Waals surface area (Å²) in [5, 5.41) is 2.97. The van der Waals surface area contributed by atoms with Gasteiger partial charge in [0.05, 0.1) is 18.8 Å². The predicted octanol–water partition coefficient (Wildman–Crippen LogP) is 10.4. The van der Waals surface area contributed by atoms with Crippen LogP contribution >= 0.6 is 22.7 Å². The highest BCUT2D eigenvalue weighted by Crippen LogP contribution is 2.30. The molecule has 1 unspecified atom stereocenters. The van der Waals surface area contributed by atoms with Gasteiger partial charge in [-0.2, -0.15) is 0 Å². The Kier molecular flexibility index (Phi) is 13.6. The van der Waals surface area contributed by atoms with Gasteiger partial charge in [-0.05, 0) is 128 Å². The second kappa shape index (κ2) is 18.4. The van der Waals surface area contributed by atoms with Crippen LogP contribution in [0.3, 0.4) is 0 Å². The van der Waals surface area contributed by atoms with Crippen molar-refractivity contribution in [3.63, 3.8) is 0 Å². The monoisotopic (exact) mass is 780 g/mol. The van der Waals surface area contributed by atoms with E-state index in [1.807, 2.05) is 84.9 Å². The first-order valence-electron chi connectivity index (χ1n) is 19.7. The van der Waals surface area contributed by atoms with Crippen LogP contribution in [-0.4, -0.2) is 74.5 Å². The molecule has 0 bridgehead atoms. The van der Waals surface area contributed by atoms with Gasteiger partial charge in [0.2, 0.25) is 0 Å². The molecular formula is C46H56N2O5S2. The Morgan fingerprint density at radius 1 is 0.582 bits per heavy atom. The minimum Gasteiger partial charge on any atom is -0.494 e. The van der Waals surface area contributed by atoms with Gasteiger partial charge in [0.25, 0.3) is 0 Å². The minimum atomic E-state index is -0.229. The second-order valence-corrected chi connectivity index (χ2v) is 17.8. The first kappa shape index (κ1) is 40.8. The average molecular weight is 781 g/mol. The summed E-state index contributed by atoms with van der Waals surface area (Å²) in [6, 6.07) is 27.3. The summed E-state index contributed by atoms with van der Waals surface area (Å²) in [7, 11) is 4.37. The van der Waals surface area contributed by atoms with Crippen LogP contribution in [0.2, 0.25) is 0 Å². The molecule has 0 amide bonds. The van der Waals surface area contributed by atoms with Crippen molar-refractivity contribution >= 4 is 63.0 Å². The van der Waals surface area contributed by atoms with Crippen molar-refractivity contribution in [3.8, 4) is 11.5 Å². The lowest BCUT2D eigenvalue weighted by atomic mass is 9.90. The van der Waals surface area contributed by atoms with Gasteiger partial charge in [-0.15, -0.1) is 22.7 Å². The summed E-state index contributed by atoms with van der Waals surface area (Å²) in [5.74, 6) is 1.49. The number of hydrogen-bond donors (Lipinski definition) is 0. The van der Waals surface area contributed by atoms with E-state index in [9.17, 15) is 9.59 Å². The first-order valence-corrected chi connectivity index (χ1v) is 21.3. The van der Waals surface area contributed by atoms with E-state index in [-0.39, 0.29) is 22.0 Å². The van der Waals surface area contributed by atoms with Crippen LogP contribution in [0.25, 0.3) is 40.3 Å². The quantitative estimate of drug-likeness (QED) is 0.0564. The lowest BCUT2D eigenvalue weighted by molar-refractivity contribution is -0.0457. The van der Waals surface area contributed by atoms with Crippen molar-refractivity contribution < 1.29 is 14.2 Å². The summed E-state index contributed by atoms with van der Waals surface area (Å²) in [4.78, 5) is 31.0. The molecule has 0 fully saturated rings. The summed E-state index contributed by atoms with van der Waals surface area (Å²) in [6.45, 7) is 13.7. The molecular weight excluding hydrogens is 725 g/mol. The number of rotatable bonds is 20. The Labute approximate surface area is 333 Å². The molecule has 0 aliphatic rings. The molecule has 1 atom stereocenters. The zero-order valence-electron chi connectivity index (χ0n) is 33.3. The van der Waals surface area contributed by atoms with Crippen LogP contribution in [0.1, 0.15) is 66.2 Å². The third-order valence-corrected chi connectivity index (χ3v) is 13.2. The Bertz CT molecular complexity index is 2340. The van der Waals surface area contributed by atoms with Gasteiger partial charge in [-0.1, -0.05) is 37.6 Å². The Morgan fingerprint density at radius 3 is 1.64 bits per heavy atom. The van der Waals surface area contributed by atoms with Crippen molar-refractivity contribution in [1.29, 1.82) is 0 Å². The highest BCUT2D eigenvalue weighted by Gasteiger charge is 2.29. The summed E-state index contributed by atoms with van der Waals surface area (Å²) in [5.41, 5.74) is -0.0684. The average Bonchev–Trinajstić information content (AvgIpc) is 3.18. The Morgan fingerprint density at radius 2 is 1.09 bits per heavy atom. The fraction of sp³-hybridized carbons (Fsp3) is 0.435. The molecule has 55 heavy (non-hydrogen) atoms. The molecule has 0 spiro atoms. The van der Waals surface area contributed by atoms with Crippen LogP contribution in [0.15, 0.2) is 94.5 Å². The molecule has 4 aromatic carbocycles. The number of benzene rings is 4. The molecule has 0 aliphatic heterocycles. The zero-order valence-corrected chi connectivity index (χ0v) is 35.0. The molecule has 0 radical (unpaired) electrons. The maximum Gasteiger partial charge on any atom is 0.196 e. The Hall–Kier alpha value is -3.86. The van der Waals surface area contributed by atoms with Gasteiger partial charge in [-0.3, -0.25) is 9.59 Å². The van der Waals surface area contributed by atoms with Crippen molar-refractivity contribution in [2.75, 3.05) is 53.6 Å². The van der Waals surface area contributed by atoms with E-state index in [0.717, 1.165) is 110 Å². The molecule has 7 nitrogen and oxygen atoms in total. The van der Waals surface area contributed by atoms with Gasteiger partial charge in [0.1, 0.15) is 11.5 Å². The number of ether oxygens (including phenoxy) is 3. The van der Waals surface area contributed by atoms with Gasteiger partial charge < -0.3 is 24.0 Å². The van der Waals surface area contributed by atoms with Gasteiger partial charge in [-0.25, -0.2) is 0 Å². The van der Waals surface area contributed by atoms with E-state index in [0.29, 0.717) is 19.8 Å². The van der Waals surface area contributed by atoms with Crippen LogP contribution in [0.5, 0.6) is 11.5 Å². The van der Waals surface area contributed by atoms with E-state index in [2.05, 4.69) is 51.6 Å². The molecule has 292 valence electrons. The lowest BCUT2D eigenvalue weighted by Crippen LogP contribution is -2.46. The number of fused-ring (bicyclic) bond motifs is 4. The zero-order chi connectivity index (χ0) is 39.0. The van der Waals surface area contributed by atoms with E-state index >= 15 is 0 Å². The van der Waals surface area contributed by atoms with Crippen LogP contribution in [-0.2, 0) is 4.74 Å². The summed E-state index contributed by atoms with van der Waals surface area (Å²) < 4.78 is 22.7. The first-order chi connectivity index (χ1) is 26.5. The van der Waals surface area contributed by atoms with E-state index < -0.39 is 0 Å². The van der Waals surface area contributed by atoms with Crippen molar-refractivity contribution in [2.45, 2.75) is 77.4 Å². The maximum absolute atomic E-state index is 13.1. The molecule has 0 saturated heterocycles. The van der Waals surface area contributed by atoms with Gasteiger partial charge in [0, 0.05) is 72.1 Å². The molecule has 0 N–H and O–H groups in total. The lowest BCUT2D eigenvalue weighted by Gasteiger charge is -2.40. The van der Waals surface area contributed by atoms with Crippen molar-refractivity contribution in [1.82, 2.24) is 9.80 Å². The van der Waals surface area contributed by atoms with E-state index in [1.165, 1.54) is 0 Å². The summed E-state index contributed by atoms with van der Waals surface area (Å²) >= 11 is 3.28. The molecule has 6 aromatic rings. The highest BCUT2D eigenvalue weighted by atomic mass is 32.1. The largest absolute Gasteiger partial charge is 0.494 e. The standard InChI is InChI=1S/C46H56N2O5S2/c1-7-22-46(4,48(6)26-13-29-52-34-19-21-42-38(32-34)44(50)36-15-9-11-17-40(36)55-42)24-30-53-45(2,3)23-27-47(5)25-12-28-51-33-18-20-41-37(31-33)43(49)35-14-8-10-16-39(35)54-41/h8-11,14-21,31-32H,7,12-13,22-30H2,1-6H3. The van der Waals surface area contributed by atoms with Crippen LogP contribution in [0.4, 0.5) is 0 Å². The highest BCUT2D eigenvalue weighted by molar-refractivity contribution is 7.24. The summed E-state index contributed by atoms with van der Waals surface area (Å²) in [6.07, 6.45) is 5.89. The molecule has 0 saturated carbocycles. The molecule has 2 heterocycles. The number of nitrogens with zero attached hydrogens (tertiary/aromatic N) is 2. The number of hydrogen-bond acceptors (Lipinski definition) is 9. The molecule has 9 heteroatoms. The van der Waals surface area contributed by atoms with E-state index in [4.69, 9.17) is 14.2 Å². The van der Waals surface area contributed by atoms with Crippen molar-refractivity contribution in [2.24, 2.45) is 0 Å². The second-order valence-electron chi connectivity index (χ2n) is 15.7. The Balaban J connectivity index is 0.898. The SMILES string of the molecule is CCCC(C)(CCOC(C)(C)CCN(C)CCCOc1ccc2sc3ccccc3c(=O)c2c1)N(C)CCCOc1ccc2sc3ccccc3c(=O)c2c1.